The molecule has 412 valence electrons. The van der Waals surface area contributed by atoms with Crippen LogP contribution in [0.15, 0.2) is 33.5 Å². The molecule has 74 heavy (non-hydrogen) atoms. The van der Waals surface area contributed by atoms with E-state index in [9.17, 15) is 20.1 Å². The van der Waals surface area contributed by atoms with Crippen molar-refractivity contribution in [2.75, 3.05) is 0 Å². The second-order valence-electron chi connectivity index (χ2n) is 29.3. The van der Waals surface area contributed by atoms with Crippen molar-refractivity contribution in [3.8, 4) is 12.1 Å². The molecule has 0 aromatic heterocycles. The number of ether oxygens (including phenoxy) is 2. The molecule has 8 rings (SSSR count). The molecule has 6 saturated carbocycles. The molecule has 0 aliphatic heterocycles. The van der Waals surface area contributed by atoms with E-state index < -0.39 is 11.1 Å². The Kier molecular flexibility index (Phi) is 17.6. The maximum atomic E-state index is 13.4. The number of nitriles is 2. The zero-order valence-electron chi connectivity index (χ0n) is 49.0. The van der Waals surface area contributed by atoms with Gasteiger partial charge in [0.25, 0.3) is 0 Å². The van der Waals surface area contributed by atoms with E-state index in [0.717, 1.165) is 111 Å². The Bertz CT molecular complexity index is 2030. The highest BCUT2D eigenvalue weighted by molar-refractivity contribution is 5.70. The van der Waals surface area contributed by atoms with Gasteiger partial charge in [-0.2, -0.15) is 20.8 Å². The summed E-state index contributed by atoms with van der Waals surface area (Å²) in [6.07, 6.45) is 32.1. The standard InChI is InChI=1S/C66H104N4O4/c1-43(2)15-13-17-45(5)53-23-25-55-51-21-19-47-39-49(27-35-63(47,9)57(51)29-37-65(53,55)11)73-59(71)31-33-61(7,41-67)69-70-62(8,42-68)34-32-60(72)74-50-28-36-64(10)48(40-50)20-22-52-56-26-24-54(46(6)18-14-16-44(3)4)66(56,12)38-30-58(52)64/h19-20,43-46,49-58H,13-18,21-40H2,1-12H3/t45-,46-,49+,50+,51+,52+,53-,54-,55+,56+,57+,58+,61?,62?,63+,64+,65-,66-/m1/s1. The van der Waals surface area contributed by atoms with Gasteiger partial charge in [0.1, 0.15) is 12.2 Å². The highest BCUT2D eigenvalue weighted by Gasteiger charge is 2.61. The summed E-state index contributed by atoms with van der Waals surface area (Å²) in [6.45, 7) is 28.2. The predicted molar refractivity (Wildman–Crippen MR) is 297 cm³/mol. The van der Waals surface area contributed by atoms with E-state index >= 15 is 0 Å². The van der Waals surface area contributed by atoms with Gasteiger partial charge in [-0.15, -0.1) is 0 Å². The summed E-state index contributed by atoms with van der Waals surface area (Å²) >= 11 is 0. The monoisotopic (exact) mass is 1020 g/mol. The quantitative estimate of drug-likeness (QED) is 0.0679. The third-order valence-corrected chi connectivity index (χ3v) is 23.7. The lowest BCUT2D eigenvalue weighted by Gasteiger charge is -2.58. The molecule has 8 aliphatic rings. The summed E-state index contributed by atoms with van der Waals surface area (Å²) in [5.41, 5.74) is 1.66. The summed E-state index contributed by atoms with van der Waals surface area (Å²) in [6, 6.07) is 4.50. The highest BCUT2D eigenvalue weighted by atomic mass is 16.5. The number of azo groups is 1. The number of carbonyl (C=O) groups excluding carboxylic acids is 2. The van der Waals surface area contributed by atoms with Crippen molar-refractivity contribution in [3.05, 3.63) is 23.3 Å². The Morgan fingerprint density at radius 3 is 1.34 bits per heavy atom. The molecule has 0 N–H and O–H groups in total. The first-order chi connectivity index (χ1) is 35.0. The lowest BCUT2D eigenvalue weighted by atomic mass is 9.47. The van der Waals surface area contributed by atoms with Crippen LogP contribution in [0.3, 0.4) is 0 Å². The van der Waals surface area contributed by atoms with Crippen LogP contribution >= 0.6 is 0 Å². The minimum absolute atomic E-state index is 0.0458. The van der Waals surface area contributed by atoms with Crippen LogP contribution in [-0.4, -0.2) is 35.2 Å². The minimum Gasteiger partial charge on any atom is -0.462 e. The second kappa shape index (κ2) is 22.8. The van der Waals surface area contributed by atoms with Crippen molar-refractivity contribution in [3.63, 3.8) is 0 Å². The van der Waals surface area contributed by atoms with E-state index in [1.54, 1.807) is 13.8 Å². The largest absolute Gasteiger partial charge is 0.462 e. The number of hydrogen-bond donors (Lipinski definition) is 0. The van der Waals surface area contributed by atoms with Crippen molar-refractivity contribution in [2.45, 2.75) is 273 Å². The molecule has 0 aromatic carbocycles. The number of rotatable bonds is 20. The topological polar surface area (TPSA) is 125 Å². The van der Waals surface area contributed by atoms with Gasteiger partial charge in [-0.1, -0.05) is 131 Å². The van der Waals surface area contributed by atoms with Gasteiger partial charge in [-0.25, -0.2) is 0 Å². The zero-order valence-corrected chi connectivity index (χ0v) is 49.0. The van der Waals surface area contributed by atoms with Gasteiger partial charge in [0, 0.05) is 25.7 Å². The Morgan fingerprint density at radius 1 is 0.581 bits per heavy atom. The fourth-order valence-electron chi connectivity index (χ4n) is 19.2. The SMILES string of the molecule is CC(C)CCC[C@@H](C)[C@H]1CC[C@H]2[C@@H]3CC=C4C[C@@H](OC(=O)CCC(C)(C#N)N=NC(C)(C#N)CCC(=O)O[C@H]5CC[C@@]6(C)C(=CC[C@H]7[C@@H]8CC[C@H]([C@H](C)CCCC(C)C)[C@@]8(C)CC[C@@H]76)C5)CC[C@]4(C)[C@H]3CC[C@]12C. The minimum atomic E-state index is -1.31. The average molecular weight is 1020 g/mol. The van der Waals surface area contributed by atoms with Gasteiger partial charge in [0.15, 0.2) is 11.1 Å². The van der Waals surface area contributed by atoms with Crippen molar-refractivity contribution in [1.82, 2.24) is 0 Å². The predicted octanol–water partition coefficient (Wildman–Crippen LogP) is 17.5. The van der Waals surface area contributed by atoms with E-state index in [-0.39, 0.29) is 60.7 Å². The third kappa shape index (κ3) is 11.6. The fraction of sp³-hybridized carbons (Fsp3) is 0.879. The number of fused-ring (bicyclic) bond motifs is 10. The summed E-state index contributed by atoms with van der Waals surface area (Å²) < 4.78 is 12.3. The fourth-order valence-corrected chi connectivity index (χ4v) is 19.2. The Balaban J connectivity index is 0.779. The molecule has 0 aromatic rings. The van der Waals surface area contributed by atoms with E-state index in [1.807, 2.05) is 0 Å². The molecule has 0 bridgehead atoms. The zero-order chi connectivity index (χ0) is 53.4. The third-order valence-electron chi connectivity index (χ3n) is 23.7. The van der Waals surface area contributed by atoms with Crippen LogP contribution in [0.5, 0.6) is 0 Å². The van der Waals surface area contributed by atoms with E-state index in [2.05, 4.69) is 104 Å². The first-order valence-corrected chi connectivity index (χ1v) is 31.0. The van der Waals surface area contributed by atoms with Crippen LogP contribution in [0.25, 0.3) is 0 Å². The average Bonchev–Trinajstić information content (AvgIpc) is 3.91. The summed E-state index contributed by atoms with van der Waals surface area (Å²) in [5, 5.41) is 29.3. The molecule has 8 heteroatoms. The smallest absolute Gasteiger partial charge is 0.306 e. The molecule has 2 unspecified atom stereocenters. The van der Waals surface area contributed by atoms with Crippen LogP contribution in [-0.2, 0) is 19.1 Å². The number of allylic oxidation sites excluding steroid dienone is 2. The van der Waals surface area contributed by atoms with Crippen molar-refractivity contribution in [2.24, 2.45) is 103 Å². The number of esters is 2. The first-order valence-electron chi connectivity index (χ1n) is 31.0. The summed E-state index contributed by atoms with van der Waals surface area (Å²) in [5.74, 6) is 8.87. The molecule has 6 fully saturated rings. The first kappa shape index (κ1) is 57.2. The normalized spacial score (nSPS) is 39.8. The van der Waals surface area contributed by atoms with Crippen LogP contribution in [0, 0.1) is 115 Å². The van der Waals surface area contributed by atoms with E-state index in [4.69, 9.17) is 9.47 Å². The van der Waals surface area contributed by atoms with Gasteiger partial charge in [0.2, 0.25) is 0 Å². The molecule has 18 atom stereocenters. The molecular formula is C66H104N4O4. The molecule has 8 nitrogen and oxygen atoms in total. The Labute approximate surface area is 451 Å². The number of nitrogens with zero attached hydrogens (tertiary/aromatic N) is 4. The van der Waals surface area contributed by atoms with Gasteiger partial charge >= 0.3 is 11.9 Å². The maximum absolute atomic E-state index is 13.4. The molecule has 8 aliphatic carbocycles. The second-order valence-corrected chi connectivity index (χ2v) is 29.3. The summed E-state index contributed by atoms with van der Waals surface area (Å²) in [7, 11) is 0. The van der Waals surface area contributed by atoms with E-state index in [0.29, 0.717) is 22.7 Å². The van der Waals surface area contributed by atoms with Crippen LogP contribution in [0.2, 0.25) is 0 Å². The van der Waals surface area contributed by atoms with Crippen LogP contribution in [0.4, 0.5) is 0 Å². The Morgan fingerprint density at radius 2 is 0.973 bits per heavy atom. The van der Waals surface area contributed by atoms with Gasteiger partial charge < -0.3 is 9.47 Å². The Hall–Kier alpha value is -3.00. The van der Waals surface area contributed by atoms with Gasteiger partial charge in [-0.05, 0) is 209 Å². The van der Waals surface area contributed by atoms with Crippen LogP contribution < -0.4 is 0 Å². The highest BCUT2D eigenvalue weighted by Crippen LogP contribution is 2.69. The molecular weight excluding hydrogens is 913 g/mol. The van der Waals surface area contributed by atoms with Gasteiger partial charge in [-0.3, -0.25) is 9.59 Å². The maximum Gasteiger partial charge on any atom is 0.306 e. The molecule has 0 spiro atoms. The van der Waals surface area contributed by atoms with E-state index in [1.165, 1.54) is 101 Å². The molecule has 0 heterocycles. The molecule has 0 amide bonds. The van der Waals surface area contributed by atoms with Gasteiger partial charge in [0.05, 0.1) is 12.1 Å². The molecule has 0 saturated heterocycles. The van der Waals surface area contributed by atoms with Crippen LogP contribution in [0.1, 0.15) is 250 Å². The van der Waals surface area contributed by atoms with Crippen molar-refractivity contribution < 1.29 is 19.1 Å². The number of hydrogen-bond acceptors (Lipinski definition) is 8. The summed E-state index contributed by atoms with van der Waals surface area (Å²) in [4.78, 5) is 26.9. The lowest BCUT2D eigenvalue weighted by molar-refractivity contribution is -0.152. The van der Waals surface area contributed by atoms with Crippen molar-refractivity contribution >= 4 is 11.9 Å². The van der Waals surface area contributed by atoms with Crippen molar-refractivity contribution in [1.29, 1.82) is 10.5 Å². The number of carbonyl (C=O) groups is 2. The lowest BCUT2D eigenvalue weighted by Crippen LogP contribution is -2.51. The molecule has 0 radical (unpaired) electrons.